The third-order valence-electron chi connectivity index (χ3n) is 24.2. The minimum atomic E-state index is -5.03. The highest BCUT2D eigenvalue weighted by molar-refractivity contribution is 6.03. The zero-order chi connectivity index (χ0) is 99.3. The number of pyridine rings is 12. The molecule has 2 amide bonds. The third-order valence-corrected chi connectivity index (χ3v) is 24.2. The molecule has 0 atom stereocenters. The number of aromatic nitrogens is 28. The molecule has 21 heterocycles. The molecule has 0 radical (unpaired) electrons. The number of halogens is 7. The summed E-state index contributed by atoms with van der Waals surface area (Å²) in [5, 5.41) is 37.0. The van der Waals surface area contributed by atoms with Gasteiger partial charge in [0.15, 0.2) is 45.9 Å². The molecule has 145 heavy (non-hydrogen) atoms. The Labute approximate surface area is 813 Å². The van der Waals surface area contributed by atoms with E-state index in [9.17, 15) is 40.3 Å². The molecule has 1 fully saturated rings. The molecule has 34 nitrogen and oxygen atoms in total. The smallest absolute Gasteiger partial charge is 0.368 e. The fraction of sp³-hybridized carbons (Fsp3) is 0.0962. The summed E-state index contributed by atoms with van der Waals surface area (Å²) in [7, 11) is 2.15. The van der Waals surface area contributed by atoms with Gasteiger partial charge < -0.3 is 40.4 Å². The Hall–Kier alpha value is -19.4. The number of benzene rings is 4. The molecular weight excluding hydrogens is 1860 g/mol. The maximum absolute atomic E-state index is 13.9. The number of likely N-dealkylation sites (N-methyl/N-ethyl adjacent to an activating group) is 1. The Bertz CT molecular complexity index is 8820. The summed E-state index contributed by atoms with van der Waals surface area (Å²) in [5.74, 6) is -1.33. The molecule has 1 saturated heterocycles. The van der Waals surface area contributed by atoms with Gasteiger partial charge in [0.1, 0.15) is 46.0 Å². The number of nitrogens with one attached hydrogen (secondary N) is 10. The Balaban J connectivity index is 0.000000110. The molecule has 1 aliphatic rings. The summed E-state index contributed by atoms with van der Waals surface area (Å²) in [6, 6.07) is 42.3. The SMILES string of the molecule is CC(C)(C)C(=O)Nc1cncc(-c2cnc3n[nH]c(-c4nc5c(-c6cccc(F)c6)cncc5[nH]4)c3c2)c1.CN1CCN(c2cncc(-c3cnc4n[nH]c(-c5nc6c(-c7cccc(F)c7)cncc6[nH]5)c4c3)c2)CC1.Fc1cccc(-c2cncc3[nH]c(-c4[nH]nc5ncc(-c6cccnc6)cc45)nc23)c1.O=C(Nc1cncc(-c2cnc3n[nH]c(-c4nc5c(-c6cccc(F)c6)cncc5[nH]4)c3c2)c1)C(F)(F)F. The molecule has 4 aromatic carbocycles. The second-order valence-electron chi connectivity index (χ2n) is 35.0. The predicted molar refractivity (Wildman–Crippen MR) is 534 cm³/mol. The number of fused-ring (bicyclic) bond motifs is 8. The van der Waals surface area contributed by atoms with Gasteiger partial charge in [0.25, 0.3) is 0 Å². The molecule has 0 saturated carbocycles. The molecule has 0 bridgehead atoms. The number of piperazine rings is 1. The number of nitrogens with zero attached hydrogens (tertiary/aromatic N) is 22. The van der Waals surface area contributed by atoms with Crippen LogP contribution in [0.25, 0.3) is 223 Å². The highest BCUT2D eigenvalue weighted by Crippen LogP contribution is 2.41. The van der Waals surface area contributed by atoms with Crippen molar-refractivity contribution in [1.29, 1.82) is 0 Å². The highest BCUT2D eigenvalue weighted by atomic mass is 19.4. The first-order chi connectivity index (χ1) is 70.4. The van der Waals surface area contributed by atoms with E-state index in [1.54, 1.807) is 128 Å². The number of rotatable bonds is 15. The minimum absolute atomic E-state index is 0.0980. The second kappa shape index (κ2) is 37.8. The van der Waals surface area contributed by atoms with Gasteiger partial charge in [-0.1, -0.05) is 75.4 Å². The molecule has 20 aromatic heterocycles. The number of hydrogen-bond donors (Lipinski definition) is 10. The molecular formula is C104H75F7N32O2. The minimum Gasteiger partial charge on any atom is -0.368 e. The van der Waals surface area contributed by atoms with Crippen LogP contribution >= 0.6 is 0 Å². The van der Waals surface area contributed by atoms with E-state index in [1.165, 1.54) is 67.0 Å². The van der Waals surface area contributed by atoms with Gasteiger partial charge >= 0.3 is 12.1 Å². The number of alkyl halides is 3. The second-order valence-corrected chi connectivity index (χ2v) is 35.0. The summed E-state index contributed by atoms with van der Waals surface area (Å²) >= 11 is 0. The van der Waals surface area contributed by atoms with Gasteiger partial charge in [-0.15, -0.1) is 0 Å². The zero-order valence-corrected chi connectivity index (χ0v) is 76.6. The van der Waals surface area contributed by atoms with Crippen molar-refractivity contribution in [3.8, 4) is 135 Å². The molecule has 41 heteroatoms. The number of carbonyl (C=O) groups excluding carboxylic acids is 2. The Morgan fingerprint density at radius 2 is 0.621 bits per heavy atom. The van der Waals surface area contributed by atoms with E-state index >= 15 is 0 Å². The van der Waals surface area contributed by atoms with Crippen LogP contribution < -0.4 is 15.5 Å². The lowest BCUT2D eigenvalue weighted by molar-refractivity contribution is -0.167. The summed E-state index contributed by atoms with van der Waals surface area (Å²) in [6.07, 6.45) is 28.3. The quantitative estimate of drug-likeness (QED) is 0.0426. The number of imidazole rings is 4. The van der Waals surface area contributed by atoms with Crippen molar-refractivity contribution in [3.05, 3.63) is 299 Å². The Kier molecular flexibility index (Phi) is 23.6. The lowest BCUT2D eigenvalue weighted by Crippen LogP contribution is -2.44. The van der Waals surface area contributed by atoms with Gasteiger partial charge in [-0.05, 0) is 126 Å². The Morgan fingerprint density at radius 1 is 0.317 bits per heavy atom. The fourth-order valence-corrected chi connectivity index (χ4v) is 16.8. The summed E-state index contributed by atoms with van der Waals surface area (Å²) in [6.45, 7) is 9.58. The van der Waals surface area contributed by atoms with Crippen molar-refractivity contribution in [3.63, 3.8) is 0 Å². The zero-order valence-electron chi connectivity index (χ0n) is 76.6. The largest absolute Gasteiger partial charge is 0.471 e. The normalized spacial score (nSPS) is 12.4. The van der Waals surface area contributed by atoms with Crippen molar-refractivity contribution in [1.82, 2.24) is 145 Å². The average Bonchev–Trinajstić information content (AvgIpc) is 1.62. The first kappa shape index (κ1) is 90.8. The maximum atomic E-state index is 13.9. The van der Waals surface area contributed by atoms with E-state index < -0.39 is 17.5 Å². The molecule has 25 rings (SSSR count). The van der Waals surface area contributed by atoms with Crippen LogP contribution in [0.5, 0.6) is 0 Å². The van der Waals surface area contributed by atoms with Crippen LogP contribution in [0.2, 0.25) is 0 Å². The number of H-pyrrole nitrogens is 8. The van der Waals surface area contributed by atoms with Crippen LogP contribution in [-0.2, 0) is 9.59 Å². The first-order valence-electron chi connectivity index (χ1n) is 45.1. The molecule has 0 aliphatic carbocycles. The van der Waals surface area contributed by atoms with Crippen LogP contribution in [0, 0.1) is 28.7 Å². The van der Waals surface area contributed by atoms with Gasteiger partial charge in [-0.2, -0.15) is 33.6 Å². The lowest BCUT2D eigenvalue weighted by atomic mass is 9.95. The number of amides is 2. The van der Waals surface area contributed by atoms with Crippen LogP contribution in [0.3, 0.4) is 0 Å². The molecule has 10 N–H and O–H groups in total. The maximum Gasteiger partial charge on any atom is 0.471 e. The lowest BCUT2D eigenvalue weighted by Gasteiger charge is -2.33. The van der Waals surface area contributed by atoms with Gasteiger partial charge in [-0.25, -0.2) is 57.4 Å². The van der Waals surface area contributed by atoms with Crippen molar-refractivity contribution < 1.29 is 40.3 Å². The van der Waals surface area contributed by atoms with Gasteiger partial charge in [0.05, 0.1) is 126 Å². The molecule has 0 unspecified atom stereocenters. The highest BCUT2D eigenvalue weighted by Gasteiger charge is 2.39. The van der Waals surface area contributed by atoms with Crippen molar-refractivity contribution >= 4 is 117 Å². The number of carbonyl (C=O) groups is 2. The van der Waals surface area contributed by atoms with Gasteiger partial charge in [0.2, 0.25) is 5.91 Å². The van der Waals surface area contributed by atoms with E-state index in [2.05, 4.69) is 155 Å². The van der Waals surface area contributed by atoms with Crippen LogP contribution in [0.4, 0.5) is 47.8 Å². The monoisotopic (exact) mass is 1940 g/mol. The predicted octanol–water partition coefficient (Wildman–Crippen LogP) is 20.3. The average molecular weight is 1940 g/mol. The molecule has 24 aromatic rings. The third kappa shape index (κ3) is 18.7. The van der Waals surface area contributed by atoms with Gasteiger partial charge in [0, 0.05) is 179 Å². The van der Waals surface area contributed by atoms with E-state index in [0.29, 0.717) is 146 Å². The molecule has 712 valence electrons. The van der Waals surface area contributed by atoms with Crippen molar-refractivity contribution in [2.75, 3.05) is 48.8 Å². The van der Waals surface area contributed by atoms with Crippen molar-refractivity contribution in [2.24, 2.45) is 5.41 Å². The number of anilines is 3. The standard InChI is InChI=1S/C28H24FN9.C28H23FN8O.C25H14F4N8O.C23H14FN7/c1-37-5-7-38(8-6-37)21-10-18(12-30-14-21)19-11-22-26(35-36-27(22)32-13-19)28-33-24-16-31-15-23(25(24)34-28)17-3-2-4-20(29)9-17;1-28(2,3)27(38)33-19-8-16(10-30-12-19)17-9-20-24(36-37-25(20)32-11-17)26-34-22-14-31-13-21(23(22)35-26)15-5-4-6-18(29)7-15;26-15-3-1-2-12(4-15)18-10-31-11-19-20(18)35-23(34-19)21-17-6-14(8-32-22(17)37-36-21)13-5-16(9-30-7-13)33-24(38)25(27,28)29;24-16-5-1-3-13(7-16)18-11-26-12-19-20(18)29-23(28-19)21-17-8-15(10-27-22(17)31-30-21)14-4-2-6-25-9-14/h2-4,9-16H,5-8H2,1H3,(H,33,34)(H,32,35,36);4-14H,1-3H3,(H,33,38)(H,34,35)(H,32,36,37);1-11H,(H,33,38)(H,34,35)(H,32,36,37);1-12H,(H,28,29)(H,27,30,31). The Morgan fingerprint density at radius 3 is 0.945 bits per heavy atom. The fourth-order valence-electron chi connectivity index (χ4n) is 16.8. The van der Waals surface area contributed by atoms with E-state index in [0.717, 1.165) is 121 Å². The number of aromatic amines is 8. The van der Waals surface area contributed by atoms with E-state index in [1.807, 2.05) is 87.9 Å². The van der Waals surface area contributed by atoms with Crippen molar-refractivity contribution in [2.45, 2.75) is 26.9 Å². The summed E-state index contributed by atoms with van der Waals surface area (Å²) in [5.41, 5.74) is 23.2. The molecule has 0 spiro atoms. The van der Waals surface area contributed by atoms with Crippen LogP contribution in [-0.4, -0.2) is 197 Å². The van der Waals surface area contributed by atoms with E-state index in [-0.39, 0.29) is 34.9 Å². The number of hydrogen-bond acceptors (Lipinski definition) is 24. The molecule has 1 aliphatic heterocycles. The topological polar surface area (TPSA) is 449 Å². The van der Waals surface area contributed by atoms with Crippen LogP contribution in [0.15, 0.2) is 276 Å². The van der Waals surface area contributed by atoms with Crippen LogP contribution in [0.1, 0.15) is 20.8 Å². The summed E-state index contributed by atoms with van der Waals surface area (Å²) in [4.78, 5) is 113. The summed E-state index contributed by atoms with van der Waals surface area (Å²) < 4.78 is 93.3. The van der Waals surface area contributed by atoms with Gasteiger partial charge in [-0.3, -0.25) is 69.9 Å². The first-order valence-corrected chi connectivity index (χ1v) is 45.1. The van der Waals surface area contributed by atoms with E-state index in [4.69, 9.17) is 19.9 Å².